The summed E-state index contributed by atoms with van der Waals surface area (Å²) < 4.78 is 59.3. The zero-order valence-electron chi connectivity index (χ0n) is 41.2. The van der Waals surface area contributed by atoms with Gasteiger partial charge in [-0.15, -0.1) is 0 Å². The molecule has 0 aliphatic carbocycles. The summed E-state index contributed by atoms with van der Waals surface area (Å²) in [6.45, 7) is 17.4. The molecule has 13 nitrogen and oxygen atoms in total. The lowest BCUT2D eigenvalue weighted by Gasteiger charge is -2.32. The second-order valence-electron chi connectivity index (χ2n) is 19.1. The fourth-order valence-electron chi connectivity index (χ4n) is 7.53. The van der Waals surface area contributed by atoms with Crippen molar-refractivity contribution < 1.29 is 57.6 Å². The number of nitrogens with two attached hydrogens (primary N) is 1. The van der Waals surface area contributed by atoms with Crippen molar-refractivity contribution in [2.75, 3.05) is 46.2 Å². The third-order valence-electron chi connectivity index (χ3n) is 13.0. The molecule has 6 rings (SSSR count). The van der Waals surface area contributed by atoms with E-state index in [4.69, 9.17) is 53.1 Å². The Bertz CT molecular complexity index is 2030. The fraction of sp³-hybridized carbons (Fsp3) is 0.564. The van der Waals surface area contributed by atoms with Crippen LogP contribution in [0.25, 0.3) is 0 Å². The summed E-state index contributed by atoms with van der Waals surface area (Å²) in [5.41, 5.74) is 8.81. The van der Waals surface area contributed by atoms with E-state index < -0.39 is 29.0 Å². The molecule has 68 heavy (non-hydrogen) atoms. The molecule has 0 amide bonds. The average Bonchev–Trinajstić information content (AvgIpc) is 4.32. The van der Waals surface area contributed by atoms with Crippen molar-refractivity contribution in [3.8, 4) is 23.0 Å². The molecule has 2 saturated heterocycles. The van der Waals surface area contributed by atoms with Gasteiger partial charge in [0.15, 0.2) is 0 Å². The summed E-state index contributed by atoms with van der Waals surface area (Å²) in [6.07, 6.45) is 2.62. The standard InChI is InChI=1S/C55H77NO12/c1-7-53(4,66-31-41-14-22-48(23-15-41)62-36-51-38-64-51)26-44(57)34-60-46-18-10-40(11-19-46)30-59-50(29-56)28-55(6,9-3)68-33-43-12-20-47(21-13-43)61-35-45(58)27-54(5,8-2)67-32-42-16-24-49(25-17-42)63-37-52-39-65-52/h10-25,44-45,50-52,57-58H,7-9,26-39,56H2,1-6H3. The Morgan fingerprint density at radius 3 is 1.12 bits per heavy atom. The first-order valence-corrected chi connectivity index (χ1v) is 24.5. The van der Waals surface area contributed by atoms with Gasteiger partial charge in [0.2, 0.25) is 0 Å². The SMILES string of the molecule is CCC(C)(CC(O)COc1ccc(COC(CN)CC(C)(CC)OCc2ccc(OCC(O)CC(C)(CC)OCc3ccc(OCC4CO4)cc3)cc2)cc1)OCc1ccc(OCC2CO2)cc1. The van der Waals surface area contributed by atoms with E-state index in [1.54, 1.807) is 0 Å². The maximum Gasteiger partial charge on any atom is 0.119 e. The molecule has 2 aliphatic heterocycles. The van der Waals surface area contributed by atoms with Crippen molar-refractivity contribution >= 4 is 0 Å². The summed E-state index contributed by atoms with van der Waals surface area (Å²) in [7, 11) is 0. The van der Waals surface area contributed by atoms with E-state index in [2.05, 4.69) is 27.7 Å². The molecule has 4 N–H and O–H groups in total. The highest BCUT2D eigenvalue weighted by atomic mass is 16.6. The highest BCUT2D eigenvalue weighted by Gasteiger charge is 2.30. The first kappa shape index (κ1) is 53.1. The molecule has 4 aromatic rings. The van der Waals surface area contributed by atoms with Crippen molar-refractivity contribution in [3.63, 3.8) is 0 Å². The number of epoxide rings is 2. The lowest BCUT2D eigenvalue weighted by molar-refractivity contribution is -0.0875. The largest absolute Gasteiger partial charge is 0.491 e. The molecule has 2 heterocycles. The number of aliphatic hydroxyl groups is 2. The van der Waals surface area contributed by atoms with Crippen molar-refractivity contribution in [3.05, 3.63) is 119 Å². The summed E-state index contributed by atoms with van der Waals surface area (Å²) in [6, 6.07) is 31.3. The lowest BCUT2D eigenvalue weighted by atomic mass is 9.95. The van der Waals surface area contributed by atoms with Gasteiger partial charge in [-0.1, -0.05) is 69.3 Å². The number of benzene rings is 4. The molecule has 0 saturated carbocycles. The monoisotopic (exact) mass is 944 g/mol. The van der Waals surface area contributed by atoms with Crippen LogP contribution in [0.3, 0.4) is 0 Å². The van der Waals surface area contributed by atoms with Gasteiger partial charge < -0.3 is 63.3 Å². The Morgan fingerprint density at radius 2 is 0.809 bits per heavy atom. The van der Waals surface area contributed by atoms with Gasteiger partial charge in [0.05, 0.1) is 74.8 Å². The summed E-state index contributed by atoms with van der Waals surface area (Å²) in [5.74, 6) is 2.97. The Hall–Kier alpha value is -4.28. The van der Waals surface area contributed by atoms with Gasteiger partial charge in [0.1, 0.15) is 61.6 Å². The Balaban J connectivity index is 0.856. The van der Waals surface area contributed by atoms with E-state index >= 15 is 0 Å². The number of aliphatic hydroxyl groups excluding tert-OH is 2. The number of hydrogen-bond donors (Lipinski definition) is 3. The predicted molar refractivity (Wildman–Crippen MR) is 261 cm³/mol. The molecule has 0 aromatic heterocycles. The fourth-order valence-corrected chi connectivity index (χ4v) is 7.53. The van der Waals surface area contributed by atoms with Crippen LogP contribution in [0, 0.1) is 0 Å². The molecule has 13 heteroatoms. The Morgan fingerprint density at radius 1 is 0.500 bits per heavy atom. The highest BCUT2D eigenvalue weighted by Crippen LogP contribution is 2.29. The highest BCUT2D eigenvalue weighted by molar-refractivity contribution is 5.29. The van der Waals surface area contributed by atoms with Crippen molar-refractivity contribution in [1.82, 2.24) is 0 Å². The van der Waals surface area contributed by atoms with E-state index in [0.29, 0.717) is 76.9 Å². The Kier molecular flexibility index (Phi) is 20.4. The van der Waals surface area contributed by atoms with Gasteiger partial charge in [-0.2, -0.15) is 0 Å². The minimum atomic E-state index is -0.702. The summed E-state index contributed by atoms with van der Waals surface area (Å²) in [5, 5.41) is 21.8. The first-order chi connectivity index (χ1) is 32.8. The van der Waals surface area contributed by atoms with Gasteiger partial charge in [-0.25, -0.2) is 0 Å². The minimum Gasteiger partial charge on any atom is -0.491 e. The predicted octanol–water partition coefficient (Wildman–Crippen LogP) is 8.89. The lowest BCUT2D eigenvalue weighted by Crippen LogP contribution is -2.37. The van der Waals surface area contributed by atoms with Crippen molar-refractivity contribution in [2.24, 2.45) is 5.73 Å². The van der Waals surface area contributed by atoms with Crippen LogP contribution in [0.4, 0.5) is 0 Å². The molecule has 8 unspecified atom stereocenters. The van der Waals surface area contributed by atoms with Gasteiger partial charge in [0, 0.05) is 25.8 Å². The zero-order valence-corrected chi connectivity index (χ0v) is 41.2. The van der Waals surface area contributed by atoms with Crippen LogP contribution in [-0.2, 0) is 54.8 Å². The molecule has 2 fully saturated rings. The average molecular weight is 944 g/mol. The van der Waals surface area contributed by atoms with Crippen LogP contribution in [-0.4, -0.2) is 104 Å². The van der Waals surface area contributed by atoms with Gasteiger partial charge in [-0.05, 0) is 111 Å². The van der Waals surface area contributed by atoms with Crippen molar-refractivity contribution in [1.29, 1.82) is 0 Å². The zero-order chi connectivity index (χ0) is 48.4. The quantitative estimate of drug-likeness (QED) is 0.0381. The molecule has 0 radical (unpaired) electrons. The van der Waals surface area contributed by atoms with Crippen LogP contribution >= 0.6 is 0 Å². The minimum absolute atomic E-state index is 0.153. The maximum atomic E-state index is 10.9. The number of rotatable bonds is 34. The molecule has 374 valence electrons. The van der Waals surface area contributed by atoms with E-state index in [0.717, 1.165) is 66.2 Å². The summed E-state index contributed by atoms with van der Waals surface area (Å²) >= 11 is 0. The van der Waals surface area contributed by atoms with Crippen molar-refractivity contribution in [2.45, 2.75) is 154 Å². The molecule has 0 spiro atoms. The second kappa shape index (κ2) is 26.1. The van der Waals surface area contributed by atoms with Crippen LogP contribution < -0.4 is 24.7 Å². The van der Waals surface area contributed by atoms with E-state index in [1.807, 2.05) is 111 Å². The van der Waals surface area contributed by atoms with Crippen LogP contribution in [0.15, 0.2) is 97.1 Å². The molecule has 2 aliphatic rings. The molecule has 4 aromatic carbocycles. The molecule has 8 atom stereocenters. The van der Waals surface area contributed by atoms with Gasteiger partial charge >= 0.3 is 0 Å². The second-order valence-corrected chi connectivity index (χ2v) is 19.1. The third kappa shape index (κ3) is 18.6. The van der Waals surface area contributed by atoms with E-state index in [1.165, 1.54) is 0 Å². The maximum absolute atomic E-state index is 10.9. The third-order valence-corrected chi connectivity index (χ3v) is 13.0. The normalized spacial score (nSPS) is 19.4. The van der Waals surface area contributed by atoms with Crippen LogP contribution in [0.5, 0.6) is 23.0 Å². The summed E-state index contributed by atoms with van der Waals surface area (Å²) in [4.78, 5) is 0. The first-order valence-electron chi connectivity index (χ1n) is 24.5. The number of ether oxygens (including phenoxy) is 10. The topological polar surface area (TPSA) is 165 Å². The van der Waals surface area contributed by atoms with Crippen LogP contribution in [0.2, 0.25) is 0 Å². The molecular formula is C55H77NO12. The van der Waals surface area contributed by atoms with Crippen LogP contribution in [0.1, 0.15) is 102 Å². The smallest absolute Gasteiger partial charge is 0.119 e. The van der Waals surface area contributed by atoms with Gasteiger partial charge in [-0.3, -0.25) is 0 Å². The number of hydrogen-bond acceptors (Lipinski definition) is 13. The van der Waals surface area contributed by atoms with Gasteiger partial charge in [0.25, 0.3) is 0 Å². The molecule has 0 bridgehead atoms. The Labute approximate surface area is 404 Å². The van der Waals surface area contributed by atoms with E-state index in [-0.39, 0.29) is 31.5 Å². The molecular weight excluding hydrogens is 867 g/mol. The van der Waals surface area contributed by atoms with E-state index in [9.17, 15) is 10.2 Å².